The van der Waals surface area contributed by atoms with E-state index in [0.717, 1.165) is 24.9 Å². The molecule has 0 spiro atoms. The van der Waals surface area contributed by atoms with Gasteiger partial charge in [-0.1, -0.05) is 13.8 Å². The molecule has 1 N–H and O–H groups in total. The van der Waals surface area contributed by atoms with Gasteiger partial charge in [-0.25, -0.2) is 0 Å². The summed E-state index contributed by atoms with van der Waals surface area (Å²) < 4.78 is 5.45. The van der Waals surface area contributed by atoms with Crippen LogP contribution in [-0.4, -0.2) is 30.1 Å². The Morgan fingerprint density at radius 3 is 2.83 bits per heavy atom. The van der Waals surface area contributed by atoms with Crippen molar-refractivity contribution in [3.05, 3.63) is 24.2 Å². The molecule has 1 saturated carbocycles. The van der Waals surface area contributed by atoms with Crippen molar-refractivity contribution in [1.82, 2.24) is 10.2 Å². The Morgan fingerprint density at radius 2 is 2.22 bits per heavy atom. The van der Waals surface area contributed by atoms with E-state index in [1.807, 2.05) is 6.07 Å². The van der Waals surface area contributed by atoms with Gasteiger partial charge in [-0.05, 0) is 50.9 Å². The van der Waals surface area contributed by atoms with Gasteiger partial charge in [0.05, 0.1) is 12.8 Å². The Balaban J connectivity index is 1.64. The molecule has 102 valence electrons. The minimum Gasteiger partial charge on any atom is -0.468 e. The number of nitrogens with zero attached hydrogens (tertiary/aromatic N) is 1. The topological polar surface area (TPSA) is 28.4 Å². The summed E-state index contributed by atoms with van der Waals surface area (Å²) in [6, 6.07) is 5.48. The number of hydrogen-bond acceptors (Lipinski definition) is 3. The SMILES string of the molecule is CC(C)NCCCCN(Cc1ccco1)C1CC1. The van der Waals surface area contributed by atoms with Crippen LogP contribution < -0.4 is 5.32 Å². The fourth-order valence-electron chi connectivity index (χ4n) is 2.26. The van der Waals surface area contributed by atoms with Crippen LogP contribution in [0.2, 0.25) is 0 Å². The standard InChI is InChI=1S/C15H26N2O/c1-13(2)16-9-3-4-10-17(14-7-8-14)12-15-6-5-11-18-15/h5-6,11,13-14,16H,3-4,7-10,12H2,1-2H3. The van der Waals surface area contributed by atoms with Gasteiger partial charge < -0.3 is 9.73 Å². The van der Waals surface area contributed by atoms with E-state index in [1.165, 1.54) is 32.2 Å². The van der Waals surface area contributed by atoms with Crippen LogP contribution in [0.1, 0.15) is 45.3 Å². The van der Waals surface area contributed by atoms with E-state index in [-0.39, 0.29) is 0 Å². The molecule has 1 aliphatic rings. The smallest absolute Gasteiger partial charge is 0.117 e. The minimum atomic E-state index is 0.604. The Bertz CT molecular complexity index is 317. The number of rotatable bonds is 9. The van der Waals surface area contributed by atoms with Crippen molar-refractivity contribution in [3.63, 3.8) is 0 Å². The molecule has 1 aromatic heterocycles. The van der Waals surface area contributed by atoms with Crippen molar-refractivity contribution in [1.29, 1.82) is 0 Å². The lowest BCUT2D eigenvalue weighted by Crippen LogP contribution is -2.28. The lowest BCUT2D eigenvalue weighted by molar-refractivity contribution is 0.229. The average molecular weight is 250 g/mol. The van der Waals surface area contributed by atoms with Crippen LogP contribution in [0, 0.1) is 0 Å². The second-order valence-corrected chi connectivity index (χ2v) is 5.60. The molecule has 3 heteroatoms. The fraction of sp³-hybridized carbons (Fsp3) is 0.733. The van der Waals surface area contributed by atoms with Crippen LogP contribution in [0.5, 0.6) is 0 Å². The van der Waals surface area contributed by atoms with Crippen molar-refractivity contribution < 1.29 is 4.42 Å². The molecule has 0 saturated heterocycles. The molecule has 3 nitrogen and oxygen atoms in total. The number of nitrogens with one attached hydrogen (secondary N) is 1. The molecule has 0 radical (unpaired) electrons. The number of unbranched alkanes of at least 4 members (excludes halogenated alkanes) is 1. The molecule has 0 amide bonds. The molecule has 2 rings (SSSR count). The second kappa shape index (κ2) is 6.95. The van der Waals surface area contributed by atoms with Gasteiger partial charge in [0.25, 0.3) is 0 Å². The van der Waals surface area contributed by atoms with Gasteiger partial charge in [0.15, 0.2) is 0 Å². The van der Waals surface area contributed by atoms with E-state index < -0.39 is 0 Å². The predicted octanol–water partition coefficient (Wildman–Crippen LogP) is 3.02. The third-order valence-electron chi connectivity index (χ3n) is 3.43. The van der Waals surface area contributed by atoms with Crippen LogP contribution in [0.3, 0.4) is 0 Å². The molecule has 1 heterocycles. The molecule has 0 unspecified atom stereocenters. The number of hydrogen-bond donors (Lipinski definition) is 1. The van der Waals surface area contributed by atoms with Crippen LogP contribution in [0.15, 0.2) is 22.8 Å². The molecule has 1 fully saturated rings. The van der Waals surface area contributed by atoms with Gasteiger partial charge in [-0.15, -0.1) is 0 Å². The van der Waals surface area contributed by atoms with Crippen molar-refractivity contribution in [2.75, 3.05) is 13.1 Å². The predicted molar refractivity (Wildman–Crippen MR) is 74.5 cm³/mol. The van der Waals surface area contributed by atoms with Crippen LogP contribution in [-0.2, 0) is 6.54 Å². The van der Waals surface area contributed by atoms with Crippen LogP contribution in [0.4, 0.5) is 0 Å². The zero-order valence-electron chi connectivity index (χ0n) is 11.7. The lowest BCUT2D eigenvalue weighted by Gasteiger charge is -2.20. The molecular formula is C15H26N2O. The molecule has 0 aliphatic heterocycles. The maximum Gasteiger partial charge on any atom is 0.117 e. The van der Waals surface area contributed by atoms with Gasteiger partial charge in [-0.3, -0.25) is 4.90 Å². The largest absolute Gasteiger partial charge is 0.468 e. The van der Waals surface area contributed by atoms with Crippen molar-refractivity contribution in [3.8, 4) is 0 Å². The minimum absolute atomic E-state index is 0.604. The molecule has 0 bridgehead atoms. The van der Waals surface area contributed by atoms with Gasteiger partial charge in [0.2, 0.25) is 0 Å². The first-order valence-electron chi connectivity index (χ1n) is 7.25. The van der Waals surface area contributed by atoms with E-state index in [2.05, 4.69) is 30.1 Å². The maximum atomic E-state index is 5.45. The zero-order valence-corrected chi connectivity index (χ0v) is 11.7. The summed E-state index contributed by atoms with van der Waals surface area (Å²) in [5.41, 5.74) is 0. The van der Waals surface area contributed by atoms with Gasteiger partial charge >= 0.3 is 0 Å². The third kappa shape index (κ3) is 4.83. The number of furan rings is 1. The quantitative estimate of drug-likeness (QED) is 0.683. The average Bonchev–Trinajstić information content (AvgIpc) is 3.05. The first-order valence-corrected chi connectivity index (χ1v) is 7.25. The van der Waals surface area contributed by atoms with Crippen molar-refractivity contribution in [2.45, 2.75) is 58.2 Å². The molecule has 1 aliphatic carbocycles. The lowest BCUT2D eigenvalue weighted by atomic mass is 10.2. The van der Waals surface area contributed by atoms with E-state index in [0.29, 0.717) is 6.04 Å². The van der Waals surface area contributed by atoms with E-state index in [9.17, 15) is 0 Å². The normalized spacial score (nSPS) is 15.8. The van der Waals surface area contributed by atoms with Gasteiger partial charge in [-0.2, -0.15) is 0 Å². The fourth-order valence-corrected chi connectivity index (χ4v) is 2.26. The highest BCUT2D eigenvalue weighted by molar-refractivity contribution is 4.99. The first kappa shape index (κ1) is 13.6. The first-order chi connectivity index (χ1) is 8.75. The molecular weight excluding hydrogens is 224 g/mol. The molecule has 0 aromatic carbocycles. The van der Waals surface area contributed by atoms with E-state index in [1.54, 1.807) is 6.26 Å². The Labute approximate surface area is 111 Å². The Hall–Kier alpha value is -0.800. The highest BCUT2D eigenvalue weighted by Gasteiger charge is 2.28. The summed E-state index contributed by atoms with van der Waals surface area (Å²) in [5.74, 6) is 1.10. The Morgan fingerprint density at radius 1 is 1.39 bits per heavy atom. The van der Waals surface area contributed by atoms with Gasteiger partial charge in [0, 0.05) is 12.1 Å². The molecule has 18 heavy (non-hydrogen) atoms. The molecule has 1 aromatic rings. The molecule has 0 atom stereocenters. The highest BCUT2D eigenvalue weighted by atomic mass is 16.3. The van der Waals surface area contributed by atoms with E-state index in [4.69, 9.17) is 4.42 Å². The second-order valence-electron chi connectivity index (χ2n) is 5.60. The monoisotopic (exact) mass is 250 g/mol. The summed E-state index contributed by atoms with van der Waals surface area (Å²) in [6.07, 6.45) is 7.04. The summed E-state index contributed by atoms with van der Waals surface area (Å²) in [4.78, 5) is 2.58. The van der Waals surface area contributed by atoms with Crippen LogP contribution >= 0.6 is 0 Å². The van der Waals surface area contributed by atoms with Crippen molar-refractivity contribution >= 4 is 0 Å². The third-order valence-corrected chi connectivity index (χ3v) is 3.43. The summed E-state index contributed by atoms with van der Waals surface area (Å²) in [7, 11) is 0. The Kier molecular flexibility index (Phi) is 5.26. The summed E-state index contributed by atoms with van der Waals surface area (Å²) in [5, 5.41) is 3.47. The zero-order chi connectivity index (χ0) is 12.8. The highest BCUT2D eigenvalue weighted by Crippen LogP contribution is 2.28. The van der Waals surface area contributed by atoms with Crippen LogP contribution in [0.25, 0.3) is 0 Å². The van der Waals surface area contributed by atoms with Gasteiger partial charge in [0.1, 0.15) is 5.76 Å². The van der Waals surface area contributed by atoms with Crippen molar-refractivity contribution in [2.24, 2.45) is 0 Å². The summed E-state index contributed by atoms with van der Waals surface area (Å²) >= 11 is 0. The maximum absolute atomic E-state index is 5.45. The summed E-state index contributed by atoms with van der Waals surface area (Å²) in [6.45, 7) is 7.72. The van der Waals surface area contributed by atoms with E-state index >= 15 is 0 Å².